The maximum atomic E-state index is 10.3. The Kier molecular flexibility index (Phi) is 15.6. The van der Waals surface area contributed by atoms with Crippen molar-refractivity contribution in [3.63, 3.8) is 0 Å². The van der Waals surface area contributed by atoms with Crippen LogP contribution in [-0.2, 0) is 4.79 Å². The van der Waals surface area contributed by atoms with Crippen molar-refractivity contribution in [1.82, 2.24) is 0 Å². The van der Waals surface area contributed by atoms with Gasteiger partial charge in [-0.2, -0.15) is 0 Å². The number of allylic oxidation sites excluding steroid dienone is 6. The number of hydrogen-bond donors (Lipinski definition) is 2. The van der Waals surface area contributed by atoms with Gasteiger partial charge in [-0.05, 0) is 38.5 Å². The third-order valence-electron chi connectivity index (χ3n) is 3.30. The molecule has 0 rings (SSSR count). The van der Waals surface area contributed by atoms with Crippen LogP contribution in [0.4, 0.5) is 0 Å². The molecule has 0 bridgehead atoms. The van der Waals surface area contributed by atoms with Gasteiger partial charge in [-0.3, -0.25) is 4.79 Å². The minimum absolute atomic E-state index is 0.228. The highest BCUT2D eigenvalue weighted by atomic mass is 16.4. The highest BCUT2D eigenvalue weighted by molar-refractivity contribution is 5.66. The number of unbranched alkanes of at least 4 members (excludes halogenated alkanes) is 4. The van der Waals surface area contributed by atoms with E-state index in [1.165, 1.54) is 19.3 Å². The quantitative estimate of drug-likeness (QED) is 0.263. The molecular weight excluding hydrogens is 288 g/mol. The largest absolute Gasteiger partial charge is 0.481 e. The molecule has 1 atom stereocenters. The highest BCUT2D eigenvalue weighted by Crippen LogP contribution is 2.02. The summed E-state index contributed by atoms with van der Waals surface area (Å²) in [6, 6.07) is 0. The molecule has 0 saturated heterocycles. The lowest BCUT2D eigenvalue weighted by atomic mass is 10.2. The first-order chi connectivity index (χ1) is 11.2. The summed E-state index contributed by atoms with van der Waals surface area (Å²) in [7, 11) is 0. The van der Waals surface area contributed by atoms with E-state index in [1.807, 2.05) is 42.5 Å². The van der Waals surface area contributed by atoms with Gasteiger partial charge < -0.3 is 10.2 Å². The average Bonchev–Trinajstić information content (AvgIpc) is 2.52. The summed E-state index contributed by atoms with van der Waals surface area (Å²) in [6.07, 6.45) is 23.5. The fraction of sp³-hybridized carbons (Fsp3) is 0.550. The minimum atomic E-state index is -0.740. The molecule has 0 aromatic rings. The van der Waals surface area contributed by atoms with Crippen LogP contribution in [0.3, 0.4) is 0 Å². The third kappa shape index (κ3) is 18.3. The van der Waals surface area contributed by atoms with Crippen LogP contribution in [0.2, 0.25) is 0 Å². The second kappa shape index (κ2) is 16.8. The summed E-state index contributed by atoms with van der Waals surface area (Å²) in [4.78, 5) is 10.3. The van der Waals surface area contributed by atoms with Crippen LogP contribution >= 0.6 is 0 Å². The lowest BCUT2D eigenvalue weighted by Crippen LogP contribution is -1.98. The molecule has 0 amide bonds. The van der Waals surface area contributed by atoms with Gasteiger partial charge >= 0.3 is 5.97 Å². The van der Waals surface area contributed by atoms with Crippen LogP contribution in [0.15, 0.2) is 48.6 Å². The van der Waals surface area contributed by atoms with E-state index >= 15 is 0 Å². The normalized spacial score (nSPS) is 13.8. The molecule has 0 radical (unpaired) electrons. The Morgan fingerprint density at radius 1 is 0.957 bits per heavy atom. The number of aliphatic hydroxyl groups is 1. The highest BCUT2D eigenvalue weighted by Gasteiger charge is 1.93. The van der Waals surface area contributed by atoms with Crippen molar-refractivity contribution in [2.75, 3.05) is 0 Å². The lowest BCUT2D eigenvalue weighted by molar-refractivity contribution is -0.137. The molecule has 23 heavy (non-hydrogen) atoms. The van der Waals surface area contributed by atoms with E-state index in [0.717, 1.165) is 19.3 Å². The number of hydrogen-bond acceptors (Lipinski definition) is 2. The molecule has 3 heteroatoms. The summed E-state index contributed by atoms with van der Waals surface area (Å²) >= 11 is 0. The van der Waals surface area contributed by atoms with Crippen LogP contribution in [0, 0.1) is 0 Å². The van der Waals surface area contributed by atoms with Gasteiger partial charge in [0.2, 0.25) is 0 Å². The van der Waals surface area contributed by atoms with Gasteiger partial charge in [0.15, 0.2) is 0 Å². The Morgan fingerprint density at radius 3 is 2.43 bits per heavy atom. The van der Waals surface area contributed by atoms with Crippen molar-refractivity contribution in [3.8, 4) is 0 Å². The molecule has 0 fully saturated rings. The molecule has 0 aliphatic rings. The van der Waals surface area contributed by atoms with E-state index in [2.05, 4.69) is 13.0 Å². The first-order valence-electron chi connectivity index (χ1n) is 8.70. The second-order valence-corrected chi connectivity index (χ2v) is 5.58. The smallest absolute Gasteiger partial charge is 0.303 e. The average molecular weight is 320 g/mol. The Morgan fingerprint density at radius 2 is 1.70 bits per heavy atom. The van der Waals surface area contributed by atoms with Crippen molar-refractivity contribution >= 4 is 5.97 Å². The van der Waals surface area contributed by atoms with E-state index < -0.39 is 12.1 Å². The lowest BCUT2D eigenvalue weighted by Gasteiger charge is -1.98. The molecule has 0 spiro atoms. The second-order valence-electron chi connectivity index (χ2n) is 5.58. The summed E-state index contributed by atoms with van der Waals surface area (Å²) in [5.41, 5.74) is 0. The van der Waals surface area contributed by atoms with Gasteiger partial charge in [0.25, 0.3) is 0 Å². The number of carbonyl (C=O) groups is 1. The van der Waals surface area contributed by atoms with Crippen molar-refractivity contribution < 1.29 is 15.0 Å². The topological polar surface area (TPSA) is 57.5 Å². The number of aliphatic hydroxyl groups excluding tert-OH is 1. The van der Waals surface area contributed by atoms with Gasteiger partial charge in [-0.15, -0.1) is 0 Å². The molecule has 0 aliphatic heterocycles. The third-order valence-corrected chi connectivity index (χ3v) is 3.30. The minimum Gasteiger partial charge on any atom is -0.481 e. The van der Waals surface area contributed by atoms with Crippen molar-refractivity contribution in [2.45, 2.75) is 70.8 Å². The standard InChI is InChI=1S/C20H32O3/c1-2-3-4-5-7-10-13-16-19(21)17-14-11-8-6-9-12-15-18-20(22)23/h6-7,9-11,13-14,16,19,21H,2-5,8,12,15,17-18H2,1H3,(H,22,23). The van der Waals surface area contributed by atoms with E-state index in [1.54, 1.807) is 0 Å². The van der Waals surface area contributed by atoms with E-state index in [-0.39, 0.29) is 6.42 Å². The number of aliphatic carboxylic acids is 1. The Balaban J connectivity index is 3.61. The zero-order valence-electron chi connectivity index (χ0n) is 14.4. The fourth-order valence-corrected chi connectivity index (χ4v) is 1.95. The van der Waals surface area contributed by atoms with Gasteiger partial charge in [0.1, 0.15) is 0 Å². The van der Waals surface area contributed by atoms with E-state index in [0.29, 0.717) is 12.8 Å². The molecule has 130 valence electrons. The molecule has 3 nitrogen and oxygen atoms in total. The van der Waals surface area contributed by atoms with Gasteiger partial charge in [-0.25, -0.2) is 0 Å². The zero-order valence-corrected chi connectivity index (χ0v) is 14.4. The monoisotopic (exact) mass is 320 g/mol. The fourth-order valence-electron chi connectivity index (χ4n) is 1.95. The molecule has 0 aliphatic carbocycles. The van der Waals surface area contributed by atoms with Gasteiger partial charge in [0.05, 0.1) is 6.10 Å². The molecule has 0 heterocycles. The molecule has 0 aromatic heterocycles. The molecule has 0 saturated carbocycles. The Labute approximate surface area is 141 Å². The number of carboxylic acids is 1. The van der Waals surface area contributed by atoms with Gasteiger partial charge in [-0.1, -0.05) is 68.4 Å². The number of carboxylic acid groups (broad SMARTS) is 1. The van der Waals surface area contributed by atoms with E-state index in [9.17, 15) is 9.90 Å². The summed E-state index contributed by atoms with van der Waals surface area (Å²) in [5, 5.41) is 18.3. The first kappa shape index (κ1) is 21.4. The van der Waals surface area contributed by atoms with Gasteiger partial charge in [0, 0.05) is 6.42 Å². The molecule has 1 unspecified atom stereocenters. The van der Waals surface area contributed by atoms with Crippen LogP contribution in [-0.4, -0.2) is 22.3 Å². The summed E-state index contributed by atoms with van der Waals surface area (Å²) < 4.78 is 0. The summed E-state index contributed by atoms with van der Waals surface area (Å²) in [6.45, 7) is 2.20. The maximum absolute atomic E-state index is 10.3. The number of rotatable bonds is 14. The molecular formula is C20H32O3. The predicted octanol–water partition coefficient (Wildman–Crippen LogP) is 5.19. The summed E-state index contributed by atoms with van der Waals surface area (Å²) in [5.74, 6) is -0.740. The predicted molar refractivity (Wildman–Crippen MR) is 97.4 cm³/mol. The molecule has 0 aromatic carbocycles. The van der Waals surface area contributed by atoms with Crippen molar-refractivity contribution in [1.29, 1.82) is 0 Å². The van der Waals surface area contributed by atoms with Crippen LogP contribution in [0.5, 0.6) is 0 Å². The molecule has 2 N–H and O–H groups in total. The SMILES string of the molecule is CCCCCC=CC=CC(O)CC=CCC=CCCCC(=O)O. The maximum Gasteiger partial charge on any atom is 0.303 e. The van der Waals surface area contributed by atoms with Crippen molar-refractivity contribution in [2.24, 2.45) is 0 Å². The van der Waals surface area contributed by atoms with Crippen LogP contribution < -0.4 is 0 Å². The van der Waals surface area contributed by atoms with E-state index in [4.69, 9.17) is 5.11 Å². The van der Waals surface area contributed by atoms with Crippen LogP contribution in [0.25, 0.3) is 0 Å². The Hall–Kier alpha value is -1.61. The van der Waals surface area contributed by atoms with Crippen LogP contribution in [0.1, 0.15) is 64.7 Å². The van der Waals surface area contributed by atoms with Crippen molar-refractivity contribution in [3.05, 3.63) is 48.6 Å². The zero-order chi connectivity index (χ0) is 17.2. The first-order valence-corrected chi connectivity index (χ1v) is 8.70. The Bertz CT molecular complexity index is 392.